The minimum absolute atomic E-state index is 0.131. The van der Waals surface area contributed by atoms with Crippen LogP contribution in [0, 0.1) is 0 Å². The van der Waals surface area contributed by atoms with Gasteiger partial charge in [-0.15, -0.1) is 0 Å². The van der Waals surface area contributed by atoms with Crippen molar-refractivity contribution in [3.8, 4) is 0 Å². The van der Waals surface area contributed by atoms with Crippen molar-refractivity contribution in [2.24, 2.45) is 0 Å². The van der Waals surface area contributed by atoms with Gasteiger partial charge in [-0.25, -0.2) is 4.98 Å². The van der Waals surface area contributed by atoms with Gasteiger partial charge in [0.25, 0.3) is 5.91 Å². The van der Waals surface area contributed by atoms with Crippen molar-refractivity contribution in [1.29, 1.82) is 0 Å². The molecule has 0 unspecified atom stereocenters. The summed E-state index contributed by atoms with van der Waals surface area (Å²) in [5.41, 5.74) is 1.13. The number of carbonyl (C=O) groups is 1. The third-order valence-electron chi connectivity index (χ3n) is 3.44. The molecule has 0 saturated heterocycles. The van der Waals surface area contributed by atoms with Crippen LogP contribution in [0.2, 0.25) is 10.2 Å². The average Bonchev–Trinajstić information content (AvgIpc) is 3.10. The molecule has 1 amide bonds. The smallest absolute Gasteiger partial charge is 0.274 e. The molecule has 0 spiro atoms. The van der Waals surface area contributed by atoms with E-state index in [1.54, 1.807) is 29.4 Å². The van der Waals surface area contributed by atoms with E-state index in [4.69, 9.17) is 27.6 Å². The lowest BCUT2D eigenvalue weighted by Crippen LogP contribution is -2.31. The molecule has 2 aromatic heterocycles. The molecule has 0 radical (unpaired) electrons. The number of aromatic nitrogens is 1. The predicted octanol–water partition coefficient (Wildman–Crippen LogP) is 4.82. The van der Waals surface area contributed by atoms with E-state index in [1.165, 1.54) is 0 Å². The van der Waals surface area contributed by atoms with Crippen LogP contribution in [0.25, 0.3) is 0 Å². The van der Waals surface area contributed by atoms with Crippen molar-refractivity contribution >= 4 is 29.1 Å². The fourth-order valence-corrected chi connectivity index (χ4v) is 2.65. The number of hydrogen-bond donors (Lipinski definition) is 0. The molecular formula is C18H14Cl2N2O2. The number of rotatable bonds is 5. The van der Waals surface area contributed by atoms with E-state index in [1.807, 2.05) is 36.4 Å². The van der Waals surface area contributed by atoms with Crippen molar-refractivity contribution in [2.45, 2.75) is 13.1 Å². The van der Waals surface area contributed by atoms with Gasteiger partial charge in [-0.3, -0.25) is 4.79 Å². The zero-order chi connectivity index (χ0) is 16.9. The third-order valence-corrected chi connectivity index (χ3v) is 3.96. The second-order valence-electron chi connectivity index (χ2n) is 5.19. The van der Waals surface area contributed by atoms with Gasteiger partial charge in [0.1, 0.15) is 16.6 Å². The molecular weight excluding hydrogens is 347 g/mol. The lowest BCUT2D eigenvalue weighted by atomic mass is 10.2. The Bertz CT molecular complexity index is 820. The van der Waals surface area contributed by atoms with Gasteiger partial charge in [0.2, 0.25) is 0 Å². The number of furan rings is 1. The largest absolute Gasteiger partial charge is 0.467 e. The van der Waals surface area contributed by atoms with Gasteiger partial charge in [0.05, 0.1) is 17.8 Å². The zero-order valence-electron chi connectivity index (χ0n) is 12.7. The number of benzene rings is 1. The Labute approximate surface area is 149 Å². The Kier molecular flexibility index (Phi) is 5.18. The maximum absolute atomic E-state index is 12.9. The number of nitrogens with zero attached hydrogens (tertiary/aromatic N) is 2. The highest BCUT2D eigenvalue weighted by Crippen LogP contribution is 2.21. The van der Waals surface area contributed by atoms with Crippen LogP contribution >= 0.6 is 23.2 Å². The molecule has 0 aliphatic carbocycles. The van der Waals surface area contributed by atoms with E-state index in [2.05, 4.69) is 4.98 Å². The first kappa shape index (κ1) is 16.6. The molecule has 0 bridgehead atoms. The van der Waals surface area contributed by atoms with E-state index in [0.717, 1.165) is 5.56 Å². The van der Waals surface area contributed by atoms with E-state index >= 15 is 0 Å². The molecule has 6 heteroatoms. The Morgan fingerprint density at radius 3 is 2.50 bits per heavy atom. The summed E-state index contributed by atoms with van der Waals surface area (Å²) >= 11 is 12.0. The zero-order valence-corrected chi connectivity index (χ0v) is 14.2. The molecule has 0 aliphatic rings. The summed E-state index contributed by atoms with van der Waals surface area (Å²) < 4.78 is 5.37. The van der Waals surface area contributed by atoms with E-state index in [-0.39, 0.29) is 21.8 Å². The topological polar surface area (TPSA) is 46.3 Å². The summed E-state index contributed by atoms with van der Waals surface area (Å²) in [5, 5.41) is 0.488. The van der Waals surface area contributed by atoms with Gasteiger partial charge in [-0.05, 0) is 29.8 Å². The first-order valence-electron chi connectivity index (χ1n) is 7.31. The minimum atomic E-state index is -0.303. The van der Waals surface area contributed by atoms with Crippen LogP contribution in [-0.2, 0) is 13.1 Å². The second kappa shape index (κ2) is 7.51. The molecule has 0 fully saturated rings. The van der Waals surface area contributed by atoms with Crippen molar-refractivity contribution in [3.63, 3.8) is 0 Å². The molecule has 0 N–H and O–H groups in total. The maximum Gasteiger partial charge on any atom is 0.274 e. The summed E-state index contributed by atoms with van der Waals surface area (Å²) in [6.45, 7) is 0.718. The van der Waals surface area contributed by atoms with Gasteiger partial charge in [0, 0.05) is 6.54 Å². The van der Waals surface area contributed by atoms with Crippen molar-refractivity contribution in [2.75, 3.05) is 0 Å². The van der Waals surface area contributed by atoms with Crippen LogP contribution in [0.5, 0.6) is 0 Å². The van der Waals surface area contributed by atoms with Crippen LogP contribution in [0.1, 0.15) is 21.8 Å². The number of carbonyl (C=O) groups excluding carboxylic acids is 1. The first-order valence-corrected chi connectivity index (χ1v) is 8.06. The number of hydrogen-bond acceptors (Lipinski definition) is 3. The molecule has 3 rings (SSSR count). The van der Waals surface area contributed by atoms with Crippen molar-refractivity contribution in [3.05, 3.63) is 88.1 Å². The summed E-state index contributed by atoms with van der Waals surface area (Å²) in [4.78, 5) is 18.6. The minimum Gasteiger partial charge on any atom is -0.467 e. The monoisotopic (exact) mass is 360 g/mol. The third kappa shape index (κ3) is 3.96. The summed E-state index contributed by atoms with van der Waals surface area (Å²) in [5.74, 6) is 0.375. The molecule has 0 atom stereocenters. The SMILES string of the molecule is O=C(c1nc(Cl)ccc1Cl)N(Cc1ccccc1)Cc1ccco1. The number of pyridine rings is 1. The molecule has 24 heavy (non-hydrogen) atoms. The van der Waals surface area contributed by atoms with Crippen LogP contribution in [0.3, 0.4) is 0 Å². The van der Waals surface area contributed by atoms with Gasteiger partial charge < -0.3 is 9.32 Å². The molecule has 0 saturated carbocycles. The van der Waals surface area contributed by atoms with E-state index in [9.17, 15) is 4.79 Å². The van der Waals surface area contributed by atoms with Crippen LogP contribution in [0.4, 0.5) is 0 Å². The Hall–Kier alpha value is -2.30. The average molecular weight is 361 g/mol. The maximum atomic E-state index is 12.9. The van der Waals surface area contributed by atoms with Crippen LogP contribution in [-0.4, -0.2) is 15.8 Å². The fraction of sp³-hybridized carbons (Fsp3) is 0.111. The Morgan fingerprint density at radius 1 is 1.00 bits per heavy atom. The van der Waals surface area contributed by atoms with Gasteiger partial charge in [-0.2, -0.15) is 0 Å². The normalized spacial score (nSPS) is 10.6. The Balaban J connectivity index is 1.90. The number of halogens is 2. The highest BCUT2D eigenvalue weighted by molar-refractivity contribution is 6.34. The highest BCUT2D eigenvalue weighted by Gasteiger charge is 2.22. The van der Waals surface area contributed by atoms with E-state index < -0.39 is 0 Å². The van der Waals surface area contributed by atoms with Crippen molar-refractivity contribution in [1.82, 2.24) is 9.88 Å². The standard InChI is InChI=1S/C18H14Cl2N2O2/c19-15-8-9-16(20)21-17(15)18(23)22(12-14-7-4-10-24-14)11-13-5-2-1-3-6-13/h1-10H,11-12H2. The number of amides is 1. The highest BCUT2D eigenvalue weighted by atomic mass is 35.5. The first-order chi connectivity index (χ1) is 11.6. The molecule has 1 aromatic carbocycles. The molecule has 0 aliphatic heterocycles. The van der Waals surface area contributed by atoms with Gasteiger partial charge in [0.15, 0.2) is 0 Å². The summed E-state index contributed by atoms with van der Waals surface area (Å²) in [7, 11) is 0. The lowest BCUT2D eigenvalue weighted by Gasteiger charge is -2.22. The van der Waals surface area contributed by atoms with Crippen LogP contribution < -0.4 is 0 Å². The lowest BCUT2D eigenvalue weighted by molar-refractivity contribution is 0.0712. The second-order valence-corrected chi connectivity index (χ2v) is 5.99. The van der Waals surface area contributed by atoms with Crippen molar-refractivity contribution < 1.29 is 9.21 Å². The Morgan fingerprint density at radius 2 is 1.79 bits per heavy atom. The molecule has 4 nitrogen and oxygen atoms in total. The predicted molar refractivity (Wildman–Crippen MR) is 93.0 cm³/mol. The van der Waals surface area contributed by atoms with Gasteiger partial charge in [-0.1, -0.05) is 53.5 Å². The van der Waals surface area contributed by atoms with Gasteiger partial charge >= 0.3 is 0 Å². The van der Waals surface area contributed by atoms with E-state index in [0.29, 0.717) is 18.8 Å². The quantitative estimate of drug-likeness (QED) is 0.612. The molecule has 122 valence electrons. The molecule has 3 aromatic rings. The van der Waals surface area contributed by atoms with Crippen LogP contribution in [0.15, 0.2) is 65.3 Å². The fourth-order valence-electron chi connectivity index (χ4n) is 2.31. The summed E-state index contributed by atoms with van der Waals surface area (Å²) in [6, 6.07) is 16.4. The molecule has 2 heterocycles. The summed E-state index contributed by atoms with van der Waals surface area (Å²) in [6.07, 6.45) is 1.57.